The summed E-state index contributed by atoms with van der Waals surface area (Å²) < 4.78 is 0. The average molecular weight is 242 g/mol. The Balaban J connectivity index is 2.18. The molecule has 0 fully saturated rings. The highest BCUT2D eigenvalue weighted by molar-refractivity contribution is 5.78. The molecule has 2 rings (SSSR count). The second-order valence-electron chi connectivity index (χ2n) is 5.31. The lowest BCUT2D eigenvalue weighted by Gasteiger charge is -2.16. The van der Waals surface area contributed by atoms with Crippen LogP contribution < -0.4 is 0 Å². The van der Waals surface area contributed by atoms with Gasteiger partial charge in [-0.2, -0.15) is 0 Å². The standard InChI is InChI=1S/C17H22O/c1-14-7-5-6-10-17(18)12-11-16(13-14)15-8-3-2-4-9-15/h2-4,8-9,13,16H,5-7,10-12H2,1H3/b14-13+/t16-/m1/s1. The molecule has 0 N–H and O–H groups in total. The highest BCUT2D eigenvalue weighted by Gasteiger charge is 2.13. The summed E-state index contributed by atoms with van der Waals surface area (Å²) in [6.45, 7) is 2.22. The van der Waals surface area contributed by atoms with Crippen molar-refractivity contribution in [2.24, 2.45) is 0 Å². The van der Waals surface area contributed by atoms with Gasteiger partial charge in [-0.25, -0.2) is 0 Å². The van der Waals surface area contributed by atoms with Crippen molar-refractivity contribution >= 4 is 5.78 Å². The summed E-state index contributed by atoms with van der Waals surface area (Å²) in [5.41, 5.74) is 2.81. The monoisotopic (exact) mass is 242 g/mol. The van der Waals surface area contributed by atoms with Crippen LogP contribution in [0.25, 0.3) is 0 Å². The summed E-state index contributed by atoms with van der Waals surface area (Å²) in [6, 6.07) is 10.6. The van der Waals surface area contributed by atoms with Gasteiger partial charge in [0.05, 0.1) is 0 Å². The van der Waals surface area contributed by atoms with Crippen LogP contribution in [0.15, 0.2) is 42.0 Å². The Morgan fingerprint density at radius 3 is 2.50 bits per heavy atom. The third kappa shape index (κ3) is 3.83. The molecule has 1 nitrogen and oxygen atoms in total. The quantitative estimate of drug-likeness (QED) is 0.656. The predicted molar refractivity (Wildman–Crippen MR) is 75.6 cm³/mol. The van der Waals surface area contributed by atoms with Crippen molar-refractivity contribution in [3.05, 3.63) is 47.5 Å². The molecule has 96 valence electrons. The van der Waals surface area contributed by atoms with Crippen molar-refractivity contribution in [2.45, 2.75) is 51.4 Å². The Bertz CT molecular complexity index is 416. The van der Waals surface area contributed by atoms with E-state index in [9.17, 15) is 4.79 Å². The molecular weight excluding hydrogens is 220 g/mol. The van der Waals surface area contributed by atoms with Gasteiger partial charge < -0.3 is 0 Å². The van der Waals surface area contributed by atoms with Crippen molar-refractivity contribution in [3.8, 4) is 0 Å². The van der Waals surface area contributed by atoms with Crippen molar-refractivity contribution in [1.82, 2.24) is 0 Å². The first-order valence-electron chi connectivity index (χ1n) is 6.99. The number of carbonyl (C=O) groups excluding carboxylic acids is 1. The van der Waals surface area contributed by atoms with Crippen LogP contribution in [-0.4, -0.2) is 5.78 Å². The normalized spacial score (nSPS) is 25.3. The maximum absolute atomic E-state index is 11.7. The molecule has 1 heteroatoms. The molecular formula is C17H22O. The zero-order chi connectivity index (χ0) is 12.8. The molecule has 0 unspecified atom stereocenters. The van der Waals surface area contributed by atoms with Crippen LogP contribution in [0.4, 0.5) is 0 Å². The van der Waals surface area contributed by atoms with Crippen molar-refractivity contribution in [3.63, 3.8) is 0 Å². The van der Waals surface area contributed by atoms with Gasteiger partial charge in [0.2, 0.25) is 0 Å². The highest BCUT2D eigenvalue weighted by atomic mass is 16.1. The Morgan fingerprint density at radius 1 is 1.00 bits per heavy atom. The number of ketones is 1. The first-order valence-corrected chi connectivity index (χ1v) is 6.99. The molecule has 1 aromatic carbocycles. The Morgan fingerprint density at radius 2 is 1.72 bits per heavy atom. The lowest BCUT2D eigenvalue weighted by atomic mass is 9.88. The molecule has 0 amide bonds. The first kappa shape index (κ1) is 13.1. The molecule has 0 saturated heterocycles. The van der Waals surface area contributed by atoms with Crippen LogP contribution in [0.3, 0.4) is 0 Å². The molecule has 0 bridgehead atoms. The van der Waals surface area contributed by atoms with E-state index in [-0.39, 0.29) is 0 Å². The van der Waals surface area contributed by atoms with E-state index in [1.54, 1.807) is 0 Å². The molecule has 1 atom stereocenters. The summed E-state index contributed by atoms with van der Waals surface area (Å²) >= 11 is 0. The van der Waals surface area contributed by atoms with Gasteiger partial charge in [-0.3, -0.25) is 4.79 Å². The van der Waals surface area contributed by atoms with E-state index >= 15 is 0 Å². The number of rotatable bonds is 1. The summed E-state index contributed by atoms with van der Waals surface area (Å²) in [6.07, 6.45) is 8.17. The zero-order valence-corrected chi connectivity index (χ0v) is 11.2. The minimum Gasteiger partial charge on any atom is -0.300 e. The van der Waals surface area contributed by atoms with Gasteiger partial charge in [0.25, 0.3) is 0 Å². The molecule has 1 aromatic rings. The lowest BCUT2D eigenvalue weighted by Crippen LogP contribution is -2.05. The van der Waals surface area contributed by atoms with Gasteiger partial charge in [-0.15, -0.1) is 0 Å². The topological polar surface area (TPSA) is 17.1 Å². The molecule has 0 saturated carbocycles. The second kappa shape index (κ2) is 6.53. The van der Waals surface area contributed by atoms with Gasteiger partial charge in [-0.1, -0.05) is 42.0 Å². The third-order valence-corrected chi connectivity index (χ3v) is 3.72. The van der Waals surface area contributed by atoms with E-state index in [0.717, 1.165) is 38.5 Å². The van der Waals surface area contributed by atoms with Gasteiger partial charge in [0.1, 0.15) is 5.78 Å². The summed E-state index contributed by atoms with van der Waals surface area (Å²) in [5.74, 6) is 0.845. The fraction of sp³-hybridized carbons (Fsp3) is 0.471. The molecule has 0 heterocycles. The minimum absolute atomic E-state index is 0.410. The number of Topliss-reactive ketones (excluding diaryl/α,β-unsaturated/α-hetero) is 1. The molecule has 1 aliphatic rings. The highest BCUT2D eigenvalue weighted by Crippen LogP contribution is 2.27. The predicted octanol–water partition coefficient (Wildman–Crippen LogP) is 4.64. The summed E-state index contributed by atoms with van der Waals surface area (Å²) in [4.78, 5) is 11.7. The van der Waals surface area contributed by atoms with Crippen molar-refractivity contribution in [2.75, 3.05) is 0 Å². The lowest BCUT2D eigenvalue weighted by molar-refractivity contribution is -0.119. The Hall–Kier alpha value is -1.37. The maximum atomic E-state index is 11.7. The zero-order valence-electron chi connectivity index (χ0n) is 11.2. The number of allylic oxidation sites excluding steroid dienone is 2. The van der Waals surface area contributed by atoms with Crippen molar-refractivity contribution in [1.29, 1.82) is 0 Å². The SMILES string of the molecule is C/C1=C\[C@H](c2ccccc2)CCC(=O)CCCC1. The van der Waals surface area contributed by atoms with Crippen LogP contribution in [0.1, 0.15) is 56.9 Å². The van der Waals surface area contributed by atoms with E-state index < -0.39 is 0 Å². The van der Waals surface area contributed by atoms with E-state index in [2.05, 4.69) is 37.3 Å². The number of benzene rings is 1. The number of hydrogen-bond donors (Lipinski definition) is 0. The van der Waals surface area contributed by atoms with E-state index in [4.69, 9.17) is 0 Å². The first-order chi connectivity index (χ1) is 8.75. The number of hydrogen-bond acceptors (Lipinski definition) is 1. The van der Waals surface area contributed by atoms with E-state index in [1.807, 2.05) is 6.07 Å². The van der Waals surface area contributed by atoms with Gasteiger partial charge in [0, 0.05) is 18.8 Å². The van der Waals surface area contributed by atoms with Crippen LogP contribution >= 0.6 is 0 Å². The molecule has 0 aromatic heterocycles. The smallest absolute Gasteiger partial charge is 0.132 e. The largest absolute Gasteiger partial charge is 0.300 e. The fourth-order valence-electron chi connectivity index (χ4n) is 2.64. The van der Waals surface area contributed by atoms with Crippen LogP contribution in [-0.2, 0) is 4.79 Å². The van der Waals surface area contributed by atoms with Crippen LogP contribution in [0.5, 0.6) is 0 Å². The summed E-state index contributed by atoms with van der Waals surface area (Å²) in [7, 11) is 0. The molecule has 0 spiro atoms. The molecule has 1 aliphatic carbocycles. The van der Waals surface area contributed by atoms with E-state index in [0.29, 0.717) is 11.7 Å². The van der Waals surface area contributed by atoms with E-state index in [1.165, 1.54) is 11.1 Å². The summed E-state index contributed by atoms with van der Waals surface area (Å²) in [5, 5.41) is 0. The number of carbonyl (C=O) groups is 1. The minimum atomic E-state index is 0.410. The van der Waals surface area contributed by atoms with Gasteiger partial charge in [0.15, 0.2) is 0 Å². The van der Waals surface area contributed by atoms with Gasteiger partial charge >= 0.3 is 0 Å². The second-order valence-corrected chi connectivity index (χ2v) is 5.31. The molecule has 0 radical (unpaired) electrons. The Kier molecular flexibility index (Phi) is 4.74. The van der Waals surface area contributed by atoms with Crippen molar-refractivity contribution < 1.29 is 4.79 Å². The fourth-order valence-corrected chi connectivity index (χ4v) is 2.64. The molecule has 18 heavy (non-hydrogen) atoms. The average Bonchev–Trinajstić information content (AvgIpc) is 2.40. The van der Waals surface area contributed by atoms with Gasteiger partial charge in [-0.05, 0) is 38.2 Å². The van der Waals surface area contributed by atoms with Crippen LogP contribution in [0, 0.1) is 0 Å². The maximum Gasteiger partial charge on any atom is 0.132 e. The van der Waals surface area contributed by atoms with Crippen LogP contribution in [0.2, 0.25) is 0 Å². The Labute approximate surface area is 110 Å². The third-order valence-electron chi connectivity index (χ3n) is 3.72. The molecule has 0 aliphatic heterocycles.